The molecular weight excluding hydrogens is 360 g/mol. The molecule has 0 atom stereocenters. The fourth-order valence-electron chi connectivity index (χ4n) is 2.67. The Labute approximate surface area is 150 Å². The number of pyridine rings is 1. The number of sulfonamides is 1. The van der Waals surface area contributed by atoms with E-state index in [1.807, 2.05) is 6.07 Å². The summed E-state index contributed by atoms with van der Waals surface area (Å²) in [6.45, 7) is 0.260. The Morgan fingerprint density at radius 1 is 0.960 bits per heavy atom. The van der Waals surface area contributed by atoms with Crippen LogP contribution in [0.3, 0.4) is 0 Å². The van der Waals surface area contributed by atoms with Gasteiger partial charge in [0.15, 0.2) is 0 Å². The van der Waals surface area contributed by atoms with Gasteiger partial charge in [-0.05, 0) is 42.0 Å². The molecule has 0 spiro atoms. The predicted molar refractivity (Wildman–Crippen MR) is 95.6 cm³/mol. The molecule has 25 heavy (non-hydrogen) atoms. The van der Waals surface area contributed by atoms with E-state index in [-0.39, 0.29) is 6.54 Å². The van der Waals surface area contributed by atoms with Crippen LogP contribution in [0.5, 0.6) is 11.6 Å². The van der Waals surface area contributed by atoms with E-state index in [2.05, 4.69) is 4.98 Å². The Morgan fingerprint density at radius 3 is 2.48 bits per heavy atom. The van der Waals surface area contributed by atoms with Crippen molar-refractivity contribution < 1.29 is 13.2 Å². The van der Waals surface area contributed by atoms with Crippen LogP contribution in [0.1, 0.15) is 5.56 Å². The van der Waals surface area contributed by atoms with Crippen molar-refractivity contribution in [1.29, 1.82) is 0 Å². The van der Waals surface area contributed by atoms with Gasteiger partial charge in [-0.25, -0.2) is 12.7 Å². The third-order valence-corrected chi connectivity index (χ3v) is 5.96. The van der Waals surface area contributed by atoms with Crippen LogP contribution in [0.4, 0.5) is 5.82 Å². The lowest BCUT2D eigenvalue weighted by Crippen LogP contribution is -2.24. The molecule has 0 radical (unpaired) electrons. The second-order valence-electron chi connectivity index (χ2n) is 5.51. The van der Waals surface area contributed by atoms with Gasteiger partial charge in [0.1, 0.15) is 11.6 Å². The van der Waals surface area contributed by atoms with E-state index < -0.39 is 10.0 Å². The van der Waals surface area contributed by atoms with Crippen LogP contribution >= 0.6 is 11.6 Å². The number of benzene rings is 2. The molecule has 0 saturated carbocycles. The highest BCUT2D eigenvalue weighted by atomic mass is 35.5. The minimum atomic E-state index is -3.60. The van der Waals surface area contributed by atoms with Crippen LogP contribution in [0.2, 0.25) is 5.02 Å². The van der Waals surface area contributed by atoms with Crippen LogP contribution in [-0.4, -0.2) is 13.4 Å². The highest BCUT2D eigenvalue weighted by Crippen LogP contribution is 2.34. The minimum Gasteiger partial charge on any atom is -0.439 e. The van der Waals surface area contributed by atoms with Crippen molar-refractivity contribution in [3.05, 3.63) is 77.3 Å². The maximum absolute atomic E-state index is 12.7. The zero-order chi connectivity index (χ0) is 17.4. The van der Waals surface area contributed by atoms with Gasteiger partial charge in [-0.3, -0.25) is 0 Å². The van der Waals surface area contributed by atoms with Crippen molar-refractivity contribution in [2.45, 2.75) is 11.4 Å². The van der Waals surface area contributed by atoms with Crippen molar-refractivity contribution in [2.24, 2.45) is 0 Å². The molecule has 0 fully saturated rings. The molecule has 126 valence electrons. The number of anilines is 1. The summed E-state index contributed by atoms with van der Waals surface area (Å²) >= 11 is 5.86. The molecule has 0 N–H and O–H groups in total. The lowest BCUT2D eigenvalue weighted by Gasteiger charge is -2.16. The van der Waals surface area contributed by atoms with Crippen LogP contribution in [0, 0.1) is 0 Å². The average molecular weight is 373 g/mol. The molecule has 0 saturated heterocycles. The van der Waals surface area contributed by atoms with Crippen LogP contribution in [0.25, 0.3) is 0 Å². The Hall–Kier alpha value is -2.57. The number of rotatable bonds is 3. The van der Waals surface area contributed by atoms with E-state index in [4.69, 9.17) is 16.3 Å². The molecule has 3 aromatic rings. The second kappa shape index (κ2) is 6.06. The van der Waals surface area contributed by atoms with E-state index in [0.29, 0.717) is 27.4 Å². The van der Waals surface area contributed by atoms with Gasteiger partial charge in [-0.2, -0.15) is 4.98 Å². The van der Waals surface area contributed by atoms with Crippen molar-refractivity contribution in [1.82, 2.24) is 4.98 Å². The number of nitrogens with zero attached hydrogens (tertiary/aromatic N) is 2. The molecule has 0 aliphatic carbocycles. The first-order valence-corrected chi connectivity index (χ1v) is 9.37. The molecule has 1 aliphatic heterocycles. The molecule has 0 amide bonds. The van der Waals surface area contributed by atoms with E-state index in [0.717, 1.165) is 5.56 Å². The molecule has 0 bridgehead atoms. The van der Waals surface area contributed by atoms with Gasteiger partial charge in [-0.1, -0.05) is 35.9 Å². The largest absolute Gasteiger partial charge is 0.439 e. The standard InChI is InChI=1S/C18H13ClN2O3S/c19-14-8-10-15(11-9-14)24-18-7-3-6-17(20-18)21-12-13-4-1-2-5-16(13)25(21,22)23/h1-11H,12H2. The zero-order valence-electron chi connectivity index (χ0n) is 13.0. The highest BCUT2D eigenvalue weighted by molar-refractivity contribution is 7.93. The minimum absolute atomic E-state index is 0.260. The Balaban J connectivity index is 1.65. The summed E-state index contributed by atoms with van der Waals surface area (Å²) in [6.07, 6.45) is 0. The molecule has 2 heterocycles. The normalized spacial score (nSPS) is 15.0. The molecular formula is C18H13ClN2O3S. The van der Waals surface area contributed by atoms with Gasteiger partial charge in [-0.15, -0.1) is 0 Å². The van der Waals surface area contributed by atoms with Crippen molar-refractivity contribution >= 4 is 27.4 Å². The Kier molecular flexibility index (Phi) is 3.86. The highest BCUT2D eigenvalue weighted by Gasteiger charge is 2.35. The third kappa shape index (κ3) is 2.94. The lowest BCUT2D eigenvalue weighted by molar-refractivity contribution is 0.463. The van der Waals surface area contributed by atoms with E-state index in [1.165, 1.54) is 4.31 Å². The van der Waals surface area contributed by atoms with E-state index in [1.54, 1.807) is 60.7 Å². The first-order valence-electron chi connectivity index (χ1n) is 7.55. The number of halogens is 1. The van der Waals surface area contributed by atoms with Crippen molar-refractivity contribution in [3.63, 3.8) is 0 Å². The topological polar surface area (TPSA) is 59.5 Å². The smallest absolute Gasteiger partial charge is 0.266 e. The summed E-state index contributed by atoms with van der Waals surface area (Å²) in [5, 5.41) is 0.606. The number of hydrogen-bond acceptors (Lipinski definition) is 4. The van der Waals surface area contributed by atoms with Crippen LogP contribution in [-0.2, 0) is 16.6 Å². The summed E-state index contributed by atoms with van der Waals surface area (Å²) in [5.41, 5.74) is 0.758. The van der Waals surface area contributed by atoms with Gasteiger partial charge < -0.3 is 4.74 Å². The third-order valence-electron chi connectivity index (χ3n) is 3.86. The molecule has 5 nitrogen and oxygen atoms in total. The fraction of sp³-hybridized carbons (Fsp3) is 0.0556. The summed E-state index contributed by atoms with van der Waals surface area (Å²) in [6, 6.07) is 18.9. The SMILES string of the molecule is O=S1(=O)c2ccccc2CN1c1cccc(Oc2ccc(Cl)cc2)n1. The summed E-state index contributed by atoms with van der Waals surface area (Å²) in [5.74, 6) is 1.20. The summed E-state index contributed by atoms with van der Waals surface area (Å²) < 4.78 is 32.4. The molecule has 4 rings (SSSR count). The number of aromatic nitrogens is 1. The maximum Gasteiger partial charge on any atom is 0.266 e. The number of hydrogen-bond donors (Lipinski definition) is 0. The summed E-state index contributed by atoms with van der Waals surface area (Å²) in [4.78, 5) is 4.66. The first-order chi connectivity index (χ1) is 12.0. The molecule has 1 aliphatic rings. The molecule has 2 aromatic carbocycles. The molecule has 1 aromatic heterocycles. The Bertz CT molecular complexity index is 1040. The number of fused-ring (bicyclic) bond motifs is 1. The maximum atomic E-state index is 12.7. The quantitative estimate of drug-likeness (QED) is 0.690. The molecule has 7 heteroatoms. The number of ether oxygens (including phenoxy) is 1. The molecule has 0 unspecified atom stereocenters. The summed E-state index contributed by atoms with van der Waals surface area (Å²) in [7, 11) is -3.60. The van der Waals surface area contributed by atoms with Crippen molar-refractivity contribution in [3.8, 4) is 11.6 Å². The fourth-order valence-corrected chi connectivity index (χ4v) is 4.41. The van der Waals surface area contributed by atoms with Gasteiger partial charge in [0.2, 0.25) is 5.88 Å². The van der Waals surface area contributed by atoms with Gasteiger partial charge >= 0.3 is 0 Å². The van der Waals surface area contributed by atoms with Crippen LogP contribution in [0.15, 0.2) is 71.6 Å². The Morgan fingerprint density at radius 2 is 1.72 bits per heavy atom. The first kappa shape index (κ1) is 15.9. The monoisotopic (exact) mass is 372 g/mol. The van der Waals surface area contributed by atoms with Gasteiger partial charge in [0, 0.05) is 11.1 Å². The predicted octanol–water partition coefficient (Wildman–Crippen LogP) is 4.24. The van der Waals surface area contributed by atoms with Crippen LogP contribution < -0.4 is 9.04 Å². The van der Waals surface area contributed by atoms with E-state index in [9.17, 15) is 8.42 Å². The average Bonchev–Trinajstić information content (AvgIpc) is 2.89. The lowest BCUT2D eigenvalue weighted by atomic mass is 10.2. The van der Waals surface area contributed by atoms with Gasteiger partial charge in [0.25, 0.3) is 10.0 Å². The van der Waals surface area contributed by atoms with Crippen molar-refractivity contribution in [2.75, 3.05) is 4.31 Å². The van der Waals surface area contributed by atoms with E-state index >= 15 is 0 Å². The zero-order valence-corrected chi connectivity index (χ0v) is 14.5. The second-order valence-corrected chi connectivity index (χ2v) is 7.78. The van der Waals surface area contributed by atoms with Gasteiger partial charge in [0.05, 0.1) is 11.4 Å².